The SMILES string of the molecule is Nc1nc(=O)n([C@@H]2O[C@H](CO)[C@@H](O)[C@H]2Br)cc1Cl. The first-order valence-electron chi connectivity index (χ1n) is 5.08. The Morgan fingerprint density at radius 3 is 2.89 bits per heavy atom. The van der Waals surface area contributed by atoms with Gasteiger partial charge in [0, 0.05) is 6.20 Å². The van der Waals surface area contributed by atoms with E-state index in [0.29, 0.717) is 0 Å². The van der Waals surface area contributed by atoms with E-state index in [4.69, 9.17) is 27.2 Å². The molecule has 18 heavy (non-hydrogen) atoms. The zero-order valence-corrected chi connectivity index (χ0v) is 11.4. The molecule has 0 aromatic carbocycles. The number of halogens is 2. The van der Waals surface area contributed by atoms with Gasteiger partial charge in [-0.05, 0) is 0 Å². The maximum atomic E-state index is 11.7. The average Bonchev–Trinajstić information content (AvgIpc) is 2.61. The number of aromatic nitrogens is 2. The van der Waals surface area contributed by atoms with Gasteiger partial charge in [0.05, 0.1) is 22.6 Å². The Kier molecular flexibility index (Phi) is 3.93. The van der Waals surface area contributed by atoms with Gasteiger partial charge in [-0.2, -0.15) is 4.98 Å². The number of rotatable bonds is 2. The van der Waals surface area contributed by atoms with Crippen molar-refractivity contribution in [2.75, 3.05) is 12.3 Å². The van der Waals surface area contributed by atoms with Crippen molar-refractivity contribution in [1.29, 1.82) is 0 Å². The third-order valence-corrected chi connectivity index (χ3v) is 3.97. The molecule has 4 atom stereocenters. The molecule has 1 aromatic heterocycles. The van der Waals surface area contributed by atoms with Crippen LogP contribution in [-0.2, 0) is 4.74 Å². The second-order valence-corrected chi connectivity index (χ2v) is 5.31. The largest absolute Gasteiger partial charge is 0.394 e. The topological polar surface area (TPSA) is 111 Å². The molecule has 9 heteroatoms. The number of nitrogens with zero attached hydrogens (tertiary/aromatic N) is 2. The highest BCUT2D eigenvalue weighted by Crippen LogP contribution is 2.34. The summed E-state index contributed by atoms with van der Waals surface area (Å²) in [6, 6.07) is 0. The molecule has 7 nitrogen and oxygen atoms in total. The minimum Gasteiger partial charge on any atom is -0.394 e. The Bertz CT molecular complexity index is 511. The lowest BCUT2D eigenvalue weighted by atomic mass is 10.2. The molecule has 1 saturated heterocycles. The van der Waals surface area contributed by atoms with Crippen LogP contribution in [0.1, 0.15) is 6.23 Å². The molecule has 2 heterocycles. The lowest BCUT2D eigenvalue weighted by Crippen LogP contribution is -2.32. The van der Waals surface area contributed by atoms with E-state index < -0.39 is 29.0 Å². The monoisotopic (exact) mass is 339 g/mol. The van der Waals surface area contributed by atoms with E-state index >= 15 is 0 Å². The van der Waals surface area contributed by atoms with Crippen LogP contribution < -0.4 is 11.4 Å². The highest BCUT2D eigenvalue weighted by molar-refractivity contribution is 9.09. The molecule has 2 rings (SSSR count). The first kappa shape index (κ1) is 13.8. The number of nitrogen functional groups attached to an aromatic ring is 1. The highest BCUT2D eigenvalue weighted by Gasteiger charge is 2.43. The summed E-state index contributed by atoms with van der Waals surface area (Å²) in [7, 11) is 0. The van der Waals surface area contributed by atoms with Crippen LogP contribution >= 0.6 is 27.5 Å². The summed E-state index contributed by atoms with van der Waals surface area (Å²) in [5, 5.41) is 18.9. The molecule has 0 bridgehead atoms. The zero-order valence-electron chi connectivity index (χ0n) is 9.03. The highest BCUT2D eigenvalue weighted by atomic mass is 79.9. The van der Waals surface area contributed by atoms with Gasteiger partial charge in [-0.3, -0.25) is 4.57 Å². The van der Waals surface area contributed by atoms with Gasteiger partial charge in [0.1, 0.15) is 11.9 Å². The minimum absolute atomic E-state index is 0.0682. The third-order valence-electron chi connectivity index (χ3n) is 2.68. The Hall–Kier alpha value is -0.670. The van der Waals surface area contributed by atoms with Crippen molar-refractivity contribution in [3.8, 4) is 0 Å². The smallest absolute Gasteiger partial charge is 0.351 e. The molecular formula is C9H11BrClN3O4. The van der Waals surface area contributed by atoms with Gasteiger partial charge in [0.2, 0.25) is 0 Å². The van der Waals surface area contributed by atoms with Crippen LogP contribution in [-0.4, -0.2) is 43.4 Å². The first-order valence-corrected chi connectivity index (χ1v) is 6.37. The molecule has 0 radical (unpaired) electrons. The molecule has 1 aromatic rings. The summed E-state index contributed by atoms with van der Waals surface area (Å²) < 4.78 is 6.50. The Balaban J connectivity index is 2.39. The molecule has 100 valence electrons. The van der Waals surface area contributed by atoms with Crippen molar-refractivity contribution in [3.63, 3.8) is 0 Å². The van der Waals surface area contributed by atoms with Crippen molar-refractivity contribution in [2.24, 2.45) is 0 Å². The molecule has 0 unspecified atom stereocenters. The number of aliphatic hydroxyl groups is 2. The normalized spacial score (nSPS) is 31.8. The van der Waals surface area contributed by atoms with E-state index in [-0.39, 0.29) is 17.4 Å². The van der Waals surface area contributed by atoms with Gasteiger partial charge >= 0.3 is 5.69 Å². The maximum absolute atomic E-state index is 11.7. The molecule has 0 spiro atoms. The van der Waals surface area contributed by atoms with E-state index in [1.54, 1.807) is 0 Å². The van der Waals surface area contributed by atoms with Crippen LogP contribution in [0.3, 0.4) is 0 Å². The molecule has 1 aliphatic heterocycles. The van der Waals surface area contributed by atoms with E-state index in [0.717, 1.165) is 4.57 Å². The number of aliphatic hydroxyl groups excluding tert-OH is 2. The van der Waals surface area contributed by atoms with E-state index in [1.165, 1.54) is 6.20 Å². The molecular weight excluding hydrogens is 329 g/mol. The molecule has 1 aliphatic rings. The minimum atomic E-state index is -0.941. The Labute approximate surface area is 115 Å². The number of hydrogen-bond acceptors (Lipinski definition) is 6. The van der Waals surface area contributed by atoms with Crippen LogP contribution in [0.15, 0.2) is 11.0 Å². The van der Waals surface area contributed by atoms with E-state index in [9.17, 15) is 9.90 Å². The summed E-state index contributed by atoms with van der Waals surface area (Å²) in [6.45, 7) is -0.356. The van der Waals surface area contributed by atoms with Gasteiger partial charge in [0.15, 0.2) is 6.23 Å². The number of alkyl halides is 1. The van der Waals surface area contributed by atoms with Crippen LogP contribution in [0.2, 0.25) is 5.02 Å². The Morgan fingerprint density at radius 2 is 2.33 bits per heavy atom. The molecule has 0 amide bonds. The second-order valence-electron chi connectivity index (χ2n) is 3.85. The van der Waals surface area contributed by atoms with E-state index in [2.05, 4.69) is 20.9 Å². The van der Waals surface area contributed by atoms with Crippen molar-refractivity contribution in [2.45, 2.75) is 23.3 Å². The van der Waals surface area contributed by atoms with Crippen molar-refractivity contribution in [1.82, 2.24) is 9.55 Å². The maximum Gasteiger partial charge on any atom is 0.351 e. The van der Waals surface area contributed by atoms with Crippen molar-refractivity contribution >= 4 is 33.3 Å². The van der Waals surface area contributed by atoms with Crippen LogP contribution in [0, 0.1) is 0 Å². The fourth-order valence-corrected chi connectivity index (χ4v) is 2.59. The van der Waals surface area contributed by atoms with Gasteiger partial charge in [-0.25, -0.2) is 4.79 Å². The van der Waals surface area contributed by atoms with Crippen molar-refractivity contribution < 1.29 is 14.9 Å². The molecule has 0 aliphatic carbocycles. The van der Waals surface area contributed by atoms with Crippen molar-refractivity contribution in [3.05, 3.63) is 21.7 Å². The van der Waals surface area contributed by atoms with Gasteiger partial charge in [0.25, 0.3) is 0 Å². The second kappa shape index (κ2) is 5.14. The zero-order chi connectivity index (χ0) is 13.4. The summed E-state index contributed by atoms with van der Waals surface area (Å²) >= 11 is 9.01. The quantitative estimate of drug-likeness (QED) is 0.626. The summed E-state index contributed by atoms with van der Waals surface area (Å²) in [5.74, 6) is -0.0682. The fraction of sp³-hybridized carbons (Fsp3) is 0.556. The molecule has 0 saturated carbocycles. The van der Waals surface area contributed by atoms with Crippen LogP contribution in [0.5, 0.6) is 0 Å². The van der Waals surface area contributed by atoms with Crippen LogP contribution in [0.4, 0.5) is 5.82 Å². The Morgan fingerprint density at radius 1 is 1.67 bits per heavy atom. The molecule has 1 fully saturated rings. The summed E-state index contributed by atoms with van der Waals surface area (Å²) in [4.78, 5) is 14.7. The molecule has 4 N–H and O–H groups in total. The predicted octanol–water partition coefficient (Wildman–Crippen LogP) is -0.507. The van der Waals surface area contributed by atoms with E-state index in [1.807, 2.05) is 0 Å². The van der Waals surface area contributed by atoms with Gasteiger partial charge in [-0.1, -0.05) is 27.5 Å². The number of anilines is 1. The van der Waals surface area contributed by atoms with Crippen LogP contribution in [0.25, 0.3) is 0 Å². The fourth-order valence-electron chi connectivity index (χ4n) is 1.72. The predicted molar refractivity (Wildman–Crippen MR) is 67.6 cm³/mol. The number of nitrogens with two attached hydrogens (primary N) is 1. The summed E-state index contributed by atoms with van der Waals surface area (Å²) in [6.07, 6.45) is -1.24. The lowest BCUT2D eigenvalue weighted by Gasteiger charge is -2.17. The summed E-state index contributed by atoms with van der Waals surface area (Å²) in [5.41, 5.74) is 4.76. The first-order chi connectivity index (χ1) is 8.45. The lowest BCUT2D eigenvalue weighted by molar-refractivity contribution is -0.0456. The number of hydrogen-bond donors (Lipinski definition) is 3. The average molecular weight is 341 g/mol. The van der Waals surface area contributed by atoms with Gasteiger partial charge in [-0.15, -0.1) is 0 Å². The number of ether oxygens (including phenoxy) is 1. The standard InChI is InChI=1S/C9H11BrClN3O4/c10-5-6(16)4(2-15)18-8(5)14-1-3(11)7(12)13-9(14)17/h1,4-6,8,15-16H,2H2,(H2,12,13,17)/t4-,5-,6-,8-/m1/s1. The third kappa shape index (κ3) is 2.26. The van der Waals surface area contributed by atoms with Gasteiger partial charge < -0.3 is 20.7 Å².